The maximum Gasteiger partial charge on any atom is 0.220 e. The van der Waals surface area contributed by atoms with Crippen LogP contribution in [-0.2, 0) is 4.79 Å². The molecule has 406 valence electrons. The van der Waals surface area contributed by atoms with Gasteiger partial charge in [-0.25, -0.2) is 0 Å². The van der Waals surface area contributed by atoms with Crippen LogP contribution in [0.25, 0.3) is 0 Å². The minimum absolute atomic E-state index is 0.155. The van der Waals surface area contributed by atoms with E-state index in [0.29, 0.717) is 12.8 Å². The quantitative estimate of drug-likeness (QED) is 0.0361. The summed E-state index contributed by atoms with van der Waals surface area (Å²) in [7, 11) is 0. The Morgan fingerprint density at radius 2 is 0.638 bits per heavy atom. The summed E-state index contributed by atoms with van der Waals surface area (Å²) in [6, 6.07) is -0.833. The summed E-state index contributed by atoms with van der Waals surface area (Å²) in [4.78, 5) is 12.5. The Kier molecular flexibility index (Phi) is 57.4. The van der Waals surface area contributed by atoms with Crippen LogP contribution in [-0.4, -0.2) is 46.1 Å². The molecular weight excluding hydrogens is 847 g/mol. The highest BCUT2D eigenvalue weighted by Crippen LogP contribution is 2.17. The number of nitrogens with one attached hydrogen (secondary N) is 1. The van der Waals surface area contributed by atoms with Gasteiger partial charge in [-0.1, -0.05) is 287 Å². The van der Waals surface area contributed by atoms with Crippen molar-refractivity contribution in [2.45, 2.75) is 347 Å². The van der Waals surface area contributed by atoms with E-state index in [2.05, 4.69) is 67.8 Å². The van der Waals surface area contributed by atoms with Gasteiger partial charge in [0.05, 0.1) is 18.8 Å². The lowest BCUT2D eigenvalue weighted by atomic mass is 10.0. The average molecular weight is 969 g/mol. The highest BCUT2D eigenvalue weighted by molar-refractivity contribution is 5.76. The molecule has 0 aromatic heterocycles. The molecule has 1 amide bonds. The van der Waals surface area contributed by atoms with E-state index < -0.39 is 18.2 Å². The lowest BCUT2D eigenvalue weighted by Gasteiger charge is -2.26. The van der Waals surface area contributed by atoms with E-state index in [0.717, 1.165) is 51.4 Å². The summed E-state index contributed by atoms with van der Waals surface area (Å²) in [5.41, 5.74) is 0. The normalized spacial score (nSPS) is 13.5. The number of carbonyl (C=O) groups is 1. The largest absolute Gasteiger partial charge is 0.394 e. The molecule has 0 saturated carbocycles. The summed E-state index contributed by atoms with van der Waals surface area (Å²) in [5, 5.41) is 33.7. The van der Waals surface area contributed by atoms with E-state index in [1.54, 1.807) is 0 Å². The van der Waals surface area contributed by atoms with Gasteiger partial charge in [0.1, 0.15) is 6.10 Å². The molecule has 0 heterocycles. The minimum Gasteiger partial charge on any atom is -0.394 e. The number of unbranched alkanes of at least 4 members (excludes halogenated alkanes) is 41. The maximum absolute atomic E-state index is 12.5. The van der Waals surface area contributed by atoms with Crippen molar-refractivity contribution in [1.29, 1.82) is 0 Å². The van der Waals surface area contributed by atoms with E-state index in [4.69, 9.17) is 0 Å². The van der Waals surface area contributed by atoms with E-state index in [1.807, 2.05) is 0 Å². The first-order chi connectivity index (χ1) is 34.1. The predicted molar refractivity (Wildman–Crippen MR) is 305 cm³/mol. The molecule has 69 heavy (non-hydrogen) atoms. The average Bonchev–Trinajstić information content (AvgIpc) is 3.35. The molecule has 0 bridgehead atoms. The first kappa shape index (κ1) is 67.3. The number of hydrogen-bond acceptors (Lipinski definition) is 4. The third kappa shape index (κ3) is 53.9. The van der Waals surface area contributed by atoms with E-state index in [-0.39, 0.29) is 12.5 Å². The van der Waals surface area contributed by atoms with Gasteiger partial charge in [0, 0.05) is 6.42 Å². The molecular formula is C64H121NO4. The summed E-state index contributed by atoms with van der Waals surface area (Å²) in [6.07, 6.45) is 78.8. The summed E-state index contributed by atoms with van der Waals surface area (Å²) in [5.74, 6) is -0.155. The number of allylic oxidation sites excluding steroid dienone is 8. The molecule has 3 atom stereocenters. The van der Waals surface area contributed by atoms with E-state index in [1.165, 1.54) is 250 Å². The van der Waals surface area contributed by atoms with Crippen molar-refractivity contribution in [3.05, 3.63) is 48.6 Å². The molecule has 0 radical (unpaired) electrons. The van der Waals surface area contributed by atoms with Crippen molar-refractivity contribution >= 4 is 5.91 Å². The molecule has 5 heteroatoms. The van der Waals surface area contributed by atoms with E-state index in [9.17, 15) is 20.1 Å². The molecule has 0 aromatic carbocycles. The number of amides is 1. The van der Waals surface area contributed by atoms with Crippen LogP contribution in [0, 0.1) is 0 Å². The number of carbonyl (C=O) groups excluding carboxylic acids is 1. The van der Waals surface area contributed by atoms with Gasteiger partial charge < -0.3 is 20.6 Å². The van der Waals surface area contributed by atoms with Crippen molar-refractivity contribution in [2.75, 3.05) is 6.61 Å². The third-order valence-corrected chi connectivity index (χ3v) is 14.4. The van der Waals surface area contributed by atoms with Gasteiger partial charge in [-0.15, -0.1) is 0 Å². The summed E-state index contributed by atoms with van der Waals surface area (Å²) in [6.45, 7) is 4.18. The number of hydrogen-bond donors (Lipinski definition) is 4. The Labute approximate surface area is 431 Å². The highest BCUT2D eigenvalue weighted by atomic mass is 16.3. The zero-order valence-electron chi connectivity index (χ0n) is 46.5. The van der Waals surface area contributed by atoms with Crippen molar-refractivity contribution in [3.63, 3.8) is 0 Å². The number of aliphatic hydroxyl groups is 3. The fourth-order valence-electron chi connectivity index (χ4n) is 9.62. The van der Waals surface area contributed by atoms with Crippen molar-refractivity contribution in [2.24, 2.45) is 0 Å². The van der Waals surface area contributed by atoms with Crippen LogP contribution >= 0.6 is 0 Å². The molecule has 4 N–H and O–H groups in total. The SMILES string of the molecule is CCCCCCCCC/C=C/CC/C=C/CCCC(O)C(O)C(CO)NC(=O)CCCCCCCCCCCCCCCCCCC/C=C\C/C=C\CCCCCCCCCCCCCCCCC. The number of aliphatic hydroxyl groups excluding tert-OH is 3. The van der Waals surface area contributed by atoms with Crippen LogP contribution in [0.4, 0.5) is 0 Å². The van der Waals surface area contributed by atoms with Crippen molar-refractivity contribution in [1.82, 2.24) is 5.32 Å². The van der Waals surface area contributed by atoms with Crippen LogP contribution in [0.2, 0.25) is 0 Å². The highest BCUT2D eigenvalue weighted by Gasteiger charge is 2.26. The Balaban J connectivity index is 3.49. The minimum atomic E-state index is -1.17. The topological polar surface area (TPSA) is 89.8 Å². The fourth-order valence-corrected chi connectivity index (χ4v) is 9.62. The van der Waals surface area contributed by atoms with Crippen LogP contribution in [0.5, 0.6) is 0 Å². The maximum atomic E-state index is 12.5. The second-order valence-corrected chi connectivity index (χ2v) is 21.2. The Hall–Kier alpha value is -1.69. The first-order valence-electron chi connectivity index (χ1n) is 30.9. The van der Waals surface area contributed by atoms with Gasteiger partial charge in [-0.05, 0) is 83.5 Å². The summed E-state index contributed by atoms with van der Waals surface area (Å²) >= 11 is 0. The van der Waals surface area contributed by atoms with E-state index >= 15 is 0 Å². The Morgan fingerprint density at radius 3 is 0.971 bits per heavy atom. The third-order valence-electron chi connectivity index (χ3n) is 14.4. The molecule has 3 unspecified atom stereocenters. The van der Waals surface area contributed by atoms with Gasteiger partial charge in [0.15, 0.2) is 0 Å². The molecule has 0 aliphatic heterocycles. The predicted octanol–water partition coefficient (Wildman–Crippen LogP) is 19.6. The van der Waals surface area contributed by atoms with Crippen LogP contribution in [0.1, 0.15) is 328 Å². The van der Waals surface area contributed by atoms with Crippen LogP contribution in [0.15, 0.2) is 48.6 Å². The smallest absolute Gasteiger partial charge is 0.220 e. The number of rotatable bonds is 57. The zero-order valence-corrected chi connectivity index (χ0v) is 46.5. The lowest BCUT2D eigenvalue weighted by Crippen LogP contribution is -2.50. The molecule has 0 saturated heterocycles. The van der Waals surface area contributed by atoms with Gasteiger partial charge in [-0.2, -0.15) is 0 Å². The van der Waals surface area contributed by atoms with Gasteiger partial charge >= 0.3 is 0 Å². The second kappa shape index (κ2) is 58.9. The zero-order chi connectivity index (χ0) is 50.0. The molecule has 0 fully saturated rings. The monoisotopic (exact) mass is 968 g/mol. The lowest BCUT2D eigenvalue weighted by molar-refractivity contribution is -0.124. The van der Waals surface area contributed by atoms with Crippen molar-refractivity contribution < 1.29 is 20.1 Å². The molecule has 0 spiro atoms. The van der Waals surface area contributed by atoms with Crippen LogP contribution in [0.3, 0.4) is 0 Å². The fraction of sp³-hybridized carbons (Fsp3) is 0.859. The summed E-state index contributed by atoms with van der Waals surface area (Å²) < 4.78 is 0. The standard InChI is InChI=1S/C64H121NO4/c1-3-5-7-9-11-13-15-17-19-21-22-23-24-25-26-27-28-29-30-31-32-33-34-35-36-37-38-39-40-41-42-43-45-47-49-51-53-55-57-59-63(68)65-61(60-66)64(69)62(67)58-56-54-52-50-48-46-44-20-18-16-14-12-10-8-6-4-2/h20,28-29,31-32,44,50,52,61-62,64,66-67,69H,3-19,21-27,30,33-43,45-49,51,53-60H2,1-2H3,(H,65,68)/b29-28-,32-31-,44-20+,52-50+. The Morgan fingerprint density at radius 1 is 0.362 bits per heavy atom. The molecule has 0 aliphatic rings. The second-order valence-electron chi connectivity index (χ2n) is 21.2. The van der Waals surface area contributed by atoms with Crippen LogP contribution < -0.4 is 5.32 Å². The van der Waals surface area contributed by atoms with Crippen molar-refractivity contribution in [3.8, 4) is 0 Å². The molecule has 5 nitrogen and oxygen atoms in total. The molecule has 0 aromatic rings. The van der Waals surface area contributed by atoms with Gasteiger partial charge in [0.25, 0.3) is 0 Å². The first-order valence-corrected chi connectivity index (χ1v) is 30.9. The molecule has 0 aliphatic carbocycles. The Bertz CT molecular complexity index is 1110. The van der Waals surface area contributed by atoms with Gasteiger partial charge in [-0.3, -0.25) is 4.79 Å². The van der Waals surface area contributed by atoms with Gasteiger partial charge in [0.2, 0.25) is 5.91 Å². The molecule has 0 rings (SSSR count).